The maximum absolute atomic E-state index is 9.72. The lowest BCUT2D eigenvalue weighted by Gasteiger charge is -2.44. The van der Waals surface area contributed by atoms with Crippen molar-refractivity contribution in [1.82, 2.24) is 0 Å². The Bertz CT molecular complexity index is 443. The predicted molar refractivity (Wildman–Crippen MR) is 69.1 cm³/mol. The van der Waals surface area contributed by atoms with Crippen molar-refractivity contribution in [1.29, 1.82) is 0 Å². The van der Waals surface area contributed by atoms with E-state index < -0.39 is 0 Å². The van der Waals surface area contributed by atoms with Gasteiger partial charge in [0, 0.05) is 11.5 Å². The minimum atomic E-state index is 0.0630. The molecule has 2 nitrogen and oxygen atoms in total. The monoisotopic (exact) mass is 231 g/mol. The smallest absolute Gasteiger partial charge is 0.115 e. The Hall–Kier alpha value is -1.02. The van der Waals surface area contributed by atoms with Gasteiger partial charge in [0.1, 0.15) is 5.75 Å². The molecule has 3 rings (SSSR count). The average Bonchev–Trinajstić information content (AvgIpc) is 2.41. The normalized spacial score (nSPS) is 36.1. The Morgan fingerprint density at radius 1 is 1.35 bits per heavy atom. The molecule has 2 aliphatic carbocycles. The molecule has 1 aromatic carbocycles. The van der Waals surface area contributed by atoms with Crippen LogP contribution in [0.3, 0.4) is 0 Å². The van der Waals surface area contributed by atoms with Gasteiger partial charge in [0.15, 0.2) is 0 Å². The summed E-state index contributed by atoms with van der Waals surface area (Å²) in [4.78, 5) is 0. The van der Waals surface area contributed by atoms with Crippen molar-refractivity contribution in [3.8, 4) is 5.75 Å². The Morgan fingerprint density at radius 3 is 3.00 bits per heavy atom. The molecule has 0 spiro atoms. The number of rotatable bonds is 0. The van der Waals surface area contributed by atoms with Crippen LogP contribution in [0.15, 0.2) is 18.2 Å². The number of fused-ring (bicyclic) bond motifs is 4. The molecular formula is C15H21NO. The molecule has 1 saturated carbocycles. The van der Waals surface area contributed by atoms with E-state index in [-0.39, 0.29) is 11.5 Å². The Morgan fingerprint density at radius 2 is 2.18 bits per heavy atom. The van der Waals surface area contributed by atoms with E-state index in [1.54, 1.807) is 0 Å². The number of hydrogen-bond donors (Lipinski definition) is 2. The van der Waals surface area contributed by atoms with Gasteiger partial charge in [0.25, 0.3) is 0 Å². The zero-order valence-corrected chi connectivity index (χ0v) is 10.4. The molecule has 1 fully saturated rings. The van der Waals surface area contributed by atoms with Crippen molar-refractivity contribution in [2.24, 2.45) is 11.7 Å². The molecule has 2 heteroatoms. The topological polar surface area (TPSA) is 46.2 Å². The second kappa shape index (κ2) is 3.74. The van der Waals surface area contributed by atoms with E-state index in [9.17, 15) is 5.11 Å². The zero-order chi connectivity index (χ0) is 12.0. The first kappa shape index (κ1) is 11.1. The molecule has 3 atom stereocenters. The van der Waals surface area contributed by atoms with Crippen molar-refractivity contribution in [2.75, 3.05) is 0 Å². The highest BCUT2D eigenvalue weighted by Gasteiger charge is 2.44. The van der Waals surface area contributed by atoms with Gasteiger partial charge in [-0.25, -0.2) is 0 Å². The summed E-state index contributed by atoms with van der Waals surface area (Å²) in [5.74, 6) is 0.999. The quantitative estimate of drug-likeness (QED) is 0.721. The first-order chi connectivity index (χ1) is 8.11. The molecule has 0 amide bonds. The maximum Gasteiger partial charge on any atom is 0.115 e. The number of nitrogens with two attached hydrogens (primary N) is 1. The molecule has 0 aromatic heterocycles. The van der Waals surface area contributed by atoms with Crippen LogP contribution in [0.1, 0.15) is 43.7 Å². The predicted octanol–water partition coefficient (Wildman–Crippen LogP) is 2.72. The van der Waals surface area contributed by atoms with Gasteiger partial charge in [-0.2, -0.15) is 0 Å². The highest BCUT2D eigenvalue weighted by Crippen LogP contribution is 2.46. The average molecular weight is 231 g/mol. The van der Waals surface area contributed by atoms with Crippen molar-refractivity contribution >= 4 is 0 Å². The van der Waals surface area contributed by atoms with E-state index in [4.69, 9.17) is 5.73 Å². The number of benzene rings is 1. The minimum Gasteiger partial charge on any atom is -0.508 e. The van der Waals surface area contributed by atoms with E-state index in [2.05, 4.69) is 13.0 Å². The first-order valence-electron chi connectivity index (χ1n) is 6.69. The summed E-state index contributed by atoms with van der Waals surface area (Å²) >= 11 is 0. The Kier molecular flexibility index (Phi) is 2.44. The van der Waals surface area contributed by atoms with Crippen molar-refractivity contribution in [3.05, 3.63) is 29.3 Å². The molecule has 0 radical (unpaired) electrons. The summed E-state index contributed by atoms with van der Waals surface area (Å²) in [7, 11) is 0. The maximum atomic E-state index is 9.72. The van der Waals surface area contributed by atoms with Gasteiger partial charge in [-0.05, 0) is 48.4 Å². The van der Waals surface area contributed by atoms with E-state index in [0.29, 0.717) is 11.7 Å². The highest BCUT2D eigenvalue weighted by atomic mass is 16.3. The lowest BCUT2D eigenvalue weighted by Crippen LogP contribution is -2.51. The third kappa shape index (κ3) is 1.58. The van der Waals surface area contributed by atoms with Crippen LogP contribution in [0.2, 0.25) is 0 Å². The molecule has 1 unspecified atom stereocenters. The SMILES string of the molecule is C[C@@]12CCCCC(Cc3ccc(O)cc31)[C@H]2N. The fourth-order valence-corrected chi connectivity index (χ4v) is 3.87. The third-order valence-electron chi connectivity index (χ3n) is 4.96. The van der Waals surface area contributed by atoms with Crippen LogP contribution in [0.25, 0.3) is 0 Å². The number of hydrogen-bond acceptors (Lipinski definition) is 2. The largest absolute Gasteiger partial charge is 0.508 e. The van der Waals surface area contributed by atoms with Crippen LogP contribution in [-0.4, -0.2) is 11.1 Å². The van der Waals surface area contributed by atoms with Gasteiger partial charge >= 0.3 is 0 Å². The summed E-state index contributed by atoms with van der Waals surface area (Å²) in [6.45, 7) is 2.29. The van der Waals surface area contributed by atoms with Gasteiger partial charge in [0.05, 0.1) is 0 Å². The number of phenolic OH excluding ortho intramolecular Hbond substituents is 1. The molecule has 0 heterocycles. The number of aromatic hydroxyl groups is 1. The fraction of sp³-hybridized carbons (Fsp3) is 0.600. The van der Waals surface area contributed by atoms with E-state index in [1.807, 2.05) is 12.1 Å². The molecule has 92 valence electrons. The minimum absolute atomic E-state index is 0.0630. The van der Waals surface area contributed by atoms with Gasteiger partial charge in [-0.3, -0.25) is 0 Å². The van der Waals surface area contributed by atoms with Gasteiger partial charge in [-0.15, -0.1) is 0 Å². The second-order valence-corrected chi connectivity index (χ2v) is 5.99. The second-order valence-electron chi connectivity index (χ2n) is 5.99. The molecule has 17 heavy (non-hydrogen) atoms. The van der Waals surface area contributed by atoms with Crippen LogP contribution in [0.4, 0.5) is 0 Å². The van der Waals surface area contributed by atoms with Crippen LogP contribution < -0.4 is 5.73 Å². The van der Waals surface area contributed by atoms with Gasteiger partial charge in [0.2, 0.25) is 0 Å². The molecular weight excluding hydrogens is 210 g/mol. The summed E-state index contributed by atoms with van der Waals surface area (Å²) in [5.41, 5.74) is 9.26. The Labute approximate surface area is 103 Å². The van der Waals surface area contributed by atoms with Crippen LogP contribution in [0.5, 0.6) is 5.75 Å². The van der Waals surface area contributed by atoms with Crippen LogP contribution in [0, 0.1) is 5.92 Å². The van der Waals surface area contributed by atoms with Crippen molar-refractivity contribution in [3.63, 3.8) is 0 Å². The van der Waals surface area contributed by atoms with E-state index in [1.165, 1.54) is 30.4 Å². The molecule has 2 bridgehead atoms. The molecule has 3 N–H and O–H groups in total. The summed E-state index contributed by atoms with van der Waals surface area (Å²) in [6, 6.07) is 6.09. The standard InChI is InChI=1S/C15H21NO/c1-15-7-3-2-4-11(14(15)16)8-10-5-6-12(17)9-13(10)15/h5-6,9,11,14,17H,2-4,7-8,16H2,1H3/t11?,14-,15-/m1/s1. The van der Waals surface area contributed by atoms with E-state index >= 15 is 0 Å². The lowest BCUT2D eigenvalue weighted by atomic mass is 9.63. The Balaban J connectivity index is 2.16. The summed E-state index contributed by atoms with van der Waals surface area (Å²) in [6.07, 6.45) is 6.06. The zero-order valence-electron chi connectivity index (χ0n) is 10.4. The van der Waals surface area contributed by atoms with E-state index in [0.717, 1.165) is 12.8 Å². The fourth-order valence-electron chi connectivity index (χ4n) is 3.87. The molecule has 2 aliphatic rings. The van der Waals surface area contributed by atoms with Crippen LogP contribution in [-0.2, 0) is 11.8 Å². The molecule has 0 saturated heterocycles. The van der Waals surface area contributed by atoms with Crippen molar-refractivity contribution in [2.45, 2.75) is 50.5 Å². The van der Waals surface area contributed by atoms with Crippen molar-refractivity contribution < 1.29 is 5.11 Å². The van der Waals surface area contributed by atoms with Gasteiger partial charge in [-0.1, -0.05) is 25.8 Å². The highest BCUT2D eigenvalue weighted by molar-refractivity contribution is 5.43. The molecule has 1 aromatic rings. The third-order valence-corrected chi connectivity index (χ3v) is 4.96. The summed E-state index contributed by atoms with van der Waals surface area (Å²) in [5, 5.41) is 9.72. The van der Waals surface area contributed by atoms with Crippen LogP contribution >= 0.6 is 0 Å². The number of phenols is 1. The molecule has 0 aliphatic heterocycles. The summed E-state index contributed by atoms with van der Waals surface area (Å²) < 4.78 is 0. The lowest BCUT2D eigenvalue weighted by molar-refractivity contribution is 0.254. The van der Waals surface area contributed by atoms with Gasteiger partial charge < -0.3 is 10.8 Å². The first-order valence-corrected chi connectivity index (χ1v) is 6.69.